The highest BCUT2D eigenvalue weighted by Crippen LogP contribution is 2.62. The minimum Gasteiger partial charge on any atom is -0.508 e. The van der Waals surface area contributed by atoms with Crippen LogP contribution in [0.3, 0.4) is 0 Å². The lowest BCUT2D eigenvalue weighted by Crippen LogP contribution is -2.48. The highest BCUT2D eigenvalue weighted by Gasteiger charge is 2.52. The Kier molecular flexibility index (Phi) is 4.53. The quantitative estimate of drug-likeness (QED) is 0.603. The molecular formula is C25H36O. The summed E-state index contributed by atoms with van der Waals surface area (Å²) in [5, 5.41) is 10.8. The van der Waals surface area contributed by atoms with Crippen LogP contribution in [0.2, 0.25) is 0 Å². The van der Waals surface area contributed by atoms with E-state index in [-0.39, 0.29) is 0 Å². The molecule has 1 aromatic carbocycles. The van der Waals surface area contributed by atoms with E-state index in [9.17, 15) is 5.11 Å². The number of hydrogen-bond acceptors (Lipinski definition) is 1. The van der Waals surface area contributed by atoms with Crippen molar-refractivity contribution >= 4 is 0 Å². The van der Waals surface area contributed by atoms with Crippen LogP contribution in [-0.4, -0.2) is 5.11 Å². The Bertz CT molecular complexity index is 600. The molecule has 1 nitrogen and oxygen atoms in total. The van der Waals surface area contributed by atoms with Gasteiger partial charge >= 0.3 is 0 Å². The molecule has 1 N–H and O–H groups in total. The van der Waals surface area contributed by atoms with Gasteiger partial charge in [-0.05, 0) is 92.1 Å². The SMILES string of the molecule is Oc1ccc(C2CCCCCCCC2)cc1C12CC3CC(CC(C3)C1)C2. The van der Waals surface area contributed by atoms with E-state index in [4.69, 9.17) is 0 Å². The highest BCUT2D eigenvalue weighted by atomic mass is 16.3. The van der Waals surface area contributed by atoms with Crippen molar-refractivity contribution in [3.05, 3.63) is 29.3 Å². The summed E-state index contributed by atoms with van der Waals surface area (Å²) in [5.74, 6) is 4.14. The molecule has 5 saturated carbocycles. The summed E-state index contributed by atoms with van der Waals surface area (Å²) in [6.07, 6.45) is 19.6. The van der Waals surface area contributed by atoms with E-state index in [1.807, 2.05) is 0 Å². The first kappa shape index (κ1) is 17.1. The van der Waals surface area contributed by atoms with Gasteiger partial charge in [-0.3, -0.25) is 0 Å². The van der Waals surface area contributed by atoms with Crippen molar-refractivity contribution in [2.45, 2.75) is 101 Å². The van der Waals surface area contributed by atoms with E-state index in [0.29, 0.717) is 11.2 Å². The summed E-state index contributed by atoms with van der Waals surface area (Å²) < 4.78 is 0. The van der Waals surface area contributed by atoms with Crippen LogP contribution >= 0.6 is 0 Å². The van der Waals surface area contributed by atoms with Gasteiger partial charge in [-0.25, -0.2) is 0 Å². The first-order valence-corrected chi connectivity index (χ1v) is 11.6. The Labute approximate surface area is 159 Å². The molecule has 0 aromatic heterocycles. The van der Waals surface area contributed by atoms with Crippen molar-refractivity contribution in [3.63, 3.8) is 0 Å². The van der Waals surface area contributed by atoms with Crippen molar-refractivity contribution in [3.8, 4) is 5.75 Å². The number of phenols is 1. The van der Waals surface area contributed by atoms with Crippen LogP contribution in [0, 0.1) is 17.8 Å². The molecule has 0 amide bonds. The van der Waals surface area contributed by atoms with Crippen molar-refractivity contribution in [1.82, 2.24) is 0 Å². The zero-order valence-electron chi connectivity index (χ0n) is 16.4. The maximum Gasteiger partial charge on any atom is 0.119 e. The van der Waals surface area contributed by atoms with Crippen molar-refractivity contribution < 1.29 is 5.11 Å². The zero-order chi connectivity index (χ0) is 17.6. The van der Waals surface area contributed by atoms with Gasteiger partial charge in [-0.1, -0.05) is 50.7 Å². The fourth-order valence-corrected chi connectivity index (χ4v) is 7.64. The topological polar surface area (TPSA) is 20.2 Å². The monoisotopic (exact) mass is 352 g/mol. The lowest BCUT2D eigenvalue weighted by Gasteiger charge is -2.57. The van der Waals surface area contributed by atoms with E-state index in [2.05, 4.69) is 18.2 Å². The molecular weight excluding hydrogens is 316 g/mol. The van der Waals surface area contributed by atoms with E-state index in [1.165, 1.54) is 101 Å². The minimum absolute atomic E-state index is 0.313. The van der Waals surface area contributed by atoms with E-state index in [0.717, 1.165) is 23.7 Å². The molecule has 1 aromatic rings. The number of rotatable bonds is 2. The van der Waals surface area contributed by atoms with Crippen LogP contribution in [0.1, 0.15) is 107 Å². The minimum atomic E-state index is 0.313. The summed E-state index contributed by atoms with van der Waals surface area (Å²) in [6.45, 7) is 0. The maximum absolute atomic E-state index is 10.8. The Morgan fingerprint density at radius 2 is 1.27 bits per heavy atom. The third kappa shape index (κ3) is 3.10. The fourth-order valence-electron chi connectivity index (χ4n) is 7.64. The molecule has 0 saturated heterocycles. The highest BCUT2D eigenvalue weighted by molar-refractivity contribution is 5.44. The first-order chi connectivity index (χ1) is 12.7. The van der Waals surface area contributed by atoms with Gasteiger partial charge in [0.15, 0.2) is 0 Å². The number of aromatic hydroxyl groups is 1. The third-order valence-electron chi connectivity index (χ3n) is 8.46. The molecule has 6 rings (SSSR count). The Hall–Kier alpha value is -0.980. The summed E-state index contributed by atoms with van der Waals surface area (Å²) in [5.41, 5.74) is 3.19. The van der Waals surface area contributed by atoms with E-state index in [1.54, 1.807) is 0 Å². The Morgan fingerprint density at radius 1 is 0.731 bits per heavy atom. The lowest BCUT2D eigenvalue weighted by molar-refractivity contribution is -0.00617. The van der Waals surface area contributed by atoms with Crippen LogP contribution < -0.4 is 0 Å². The number of benzene rings is 1. The van der Waals surface area contributed by atoms with Gasteiger partial charge in [-0.15, -0.1) is 0 Å². The van der Waals surface area contributed by atoms with Gasteiger partial charge in [0.2, 0.25) is 0 Å². The second-order valence-corrected chi connectivity index (χ2v) is 10.4. The van der Waals surface area contributed by atoms with Gasteiger partial charge < -0.3 is 5.11 Å². The van der Waals surface area contributed by atoms with Gasteiger partial charge in [0, 0.05) is 5.56 Å². The lowest BCUT2D eigenvalue weighted by atomic mass is 9.48. The smallest absolute Gasteiger partial charge is 0.119 e. The molecule has 5 aliphatic rings. The van der Waals surface area contributed by atoms with Crippen molar-refractivity contribution in [2.75, 3.05) is 0 Å². The number of hydrogen-bond donors (Lipinski definition) is 1. The predicted molar refractivity (Wildman–Crippen MR) is 108 cm³/mol. The standard InChI is InChI=1S/C25H36O/c26-24-10-9-22(21-7-5-3-1-2-4-6-8-21)14-23(24)25-15-18-11-19(16-25)13-20(12-18)17-25/h9-10,14,18-21,26H,1-8,11-13,15-17H2. The molecule has 4 bridgehead atoms. The molecule has 26 heavy (non-hydrogen) atoms. The molecule has 0 spiro atoms. The van der Waals surface area contributed by atoms with E-state index < -0.39 is 0 Å². The van der Waals surface area contributed by atoms with E-state index >= 15 is 0 Å². The maximum atomic E-state index is 10.8. The molecule has 5 fully saturated rings. The second kappa shape index (κ2) is 6.88. The molecule has 1 heteroatoms. The van der Waals surface area contributed by atoms with Crippen LogP contribution in [0.4, 0.5) is 0 Å². The van der Waals surface area contributed by atoms with Gasteiger partial charge in [0.05, 0.1) is 0 Å². The Balaban J connectivity index is 1.45. The first-order valence-electron chi connectivity index (χ1n) is 11.6. The molecule has 0 heterocycles. The fraction of sp³-hybridized carbons (Fsp3) is 0.760. The third-order valence-corrected chi connectivity index (χ3v) is 8.46. The van der Waals surface area contributed by atoms with Crippen LogP contribution in [0.25, 0.3) is 0 Å². The largest absolute Gasteiger partial charge is 0.508 e. The average Bonchev–Trinajstić information content (AvgIpc) is 2.75. The molecule has 0 atom stereocenters. The molecule has 0 aliphatic heterocycles. The summed E-state index contributed by atoms with van der Waals surface area (Å²) in [4.78, 5) is 0. The Morgan fingerprint density at radius 3 is 1.85 bits per heavy atom. The zero-order valence-corrected chi connectivity index (χ0v) is 16.4. The molecule has 0 radical (unpaired) electrons. The van der Waals surface area contributed by atoms with Gasteiger partial charge in [-0.2, -0.15) is 0 Å². The summed E-state index contributed by atoms with van der Waals surface area (Å²) in [6, 6.07) is 6.78. The predicted octanol–water partition coefficient (Wildman–Crippen LogP) is 7.08. The summed E-state index contributed by atoms with van der Waals surface area (Å²) >= 11 is 0. The van der Waals surface area contributed by atoms with Crippen LogP contribution in [-0.2, 0) is 5.41 Å². The second-order valence-electron chi connectivity index (χ2n) is 10.4. The molecule has 5 aliphatic carbocycles. The normalized spacial score (nSPS) is 37.9. The average molecular weight is 353 g/mol. The van der Waals surface area contributed by atoms with Crippen LogP contribution in [0.5, 0.6) is 5.75 Å². The van der Waals surface area contributed by atoms with Crippen molar-refractivity contribution in [2.24, 2.45) is 17.8 Å². The molecule has 0 unspecified atom stereocenters. The van der Waals surface area contributed by atoms with Crippen LogP contribution in [0.15, 0.2) is 18.2 Å². The van der Waals surface area contributed by atoms with Gasteiger partial charge in [0.25, 0.3) is 0 Å². The van der Waals surface area contributed by atoms with Gasteiger partial charge in [0.1, 0.15) is 5.75 Å². The summed E-state index contributed by atoms with van der Waals surface area (Å²) in [7, 11) is 0. The number of phenolic OH excluding ortho intramolecular Hbond substituents is 1. The van der Waals surface area contributed by atoms with Crippen molar-refractivity contribution in [1.29, 1.82) is 0 Å². The molecule has 142 valence electrons.